The average molecular weight is 467 g/mol. The third-order valence-electron chi connectivity index (χ3n) is 4.73. The van der Waals surface area contributed by atoms with Crippen molar-refractivity contribution in [3.63, 3.8) is 0 Å². The molecule has 0 bridgehead atoms. The van der Waals surface area contributed by atoms with Gasteiger partial charge in [-0.25, -0.2) is 18.8 Å². The number of hydrogen-bond donors (Lipinski definition) is 0. The Kier molecular flexibility index (Phi) is 9.07. The zero-order valence-corrected chi connectivity index (χ0v) is 19.5. The van der Waals surface area contributed by atoms with Gasteiger partial charge in [0.2, 0.25) is 0 Å². The normalized spacial score (nSPS) is 10.4. The van der Waals surface area contributed by atoms with E-state index in [1.165, 1.54) is 32.9 Å². The largest absolute Gasteiger partial charge is 0.462 e. The summed E-state index contributed by atoms with van der Waals surface area (Å²) in [6.45, 7) is 15.1. The van der Waals surface area contributed by atoms with E-state index >= 15 is 0 Å². The summed E-state index contributed by atoms with van der Waals surface area (Å²) in [5.41, 5.74) is 2.70. The molecule has 0 amide bonds. The van der Waals surface area contributed by atoms with Gasteiger partial charge in [-0.2, -0.15) is 0 Å². The van der Waals surface area contributed by atoms with Gasteiger partial charge < -0.3 is 14.2 Å². The van der Waals surface area contributed by atoms with E-state index in [-0.39, 0.29) is 35.7 Å². The number of carbonyl (C=O) groups is 3. The van der Waals surface area contributed by atoms with Gasteiger partial charge in [0.05, 0.1) is 5.92 Å². The first kappa shape index (κ1) is 26.3. The van der Waals surface area contributed by atoms with Crippen LogP contribution in [0.15, 0.2) is 78.9 Å². The molecule has 0 aliphatic rings. The zero-order chi connectivity index (χ0) is 25.4. The number of carbonyl (C=O) groups excluding carboxylic acids is 3. The lowest BCUT2D eigenvalue weighted by Gasteiger charge is -2.18. The molecule has 0 aliphatic carbocycles. The molecule has 0 atom stereocenters. The van der Waals surface area contributed by atoms with E-state index in [4.69, 9.17) is 14.2 Å². The van der Waals surface area contributed by atoms with Gasteiger partial charge in [-0.15, -0.1) is 0 Å². The van der Waals surface area contributed by atoms with Crippen molar-refractivity contribution in [1.29, 1.82) is 0 Å². The summed E-state index contributed by atoms with van der Waals surface area (Å²) in [7, 11) is 0. The molecule has 0 aliphatic heterocycles. The molecule has 6 nitrogen and oxygen atoms in total. The fourth-order valence-corrected chi connectivity index (χ4v) is 2.74. The van der Waals surface area contributed by atoms with Crippen molar-refractivity contribution >= 4 is 17.9 Å². The molecule has 7 heteroatoms. The second-order valence-electron chi connectivity index (χ2n) is 7.89. The smallest absolute Gasteiger partial charge is 0.338 e. The Hall–Kier alpha value is -4.00. The van der Waals surface area contributed by atoms with Gasteiger partial charge in [0.15, 0.2) is 11.6 Å². The minimum Gasteiger partial charge on any atom is -0.462 e. The second kappa shape index (κ2) is 11.7. The summed E-state index contributed by atoms with van der Waals surface area (Å²) in [6, 6.07) is 11.3. The molecule has 0 spiro atoms. The second-order valence-corrected chi connectivity index (χ2v) is 7.89. The van der Waals surface area contributed by atoms with Crippen molar-refractivity contribution in [3.05, 3.63) is 90.3 Å². The van der Waals surface area contributed by atoms with Crippen LogP contribution in [0, 0.1) is 5.82 Å². The Morgan fingerprint density at radius 1 is 0.765 bits per heavy atom. The molecule has 0 N–H and O–H groups in total. The predicted molar refractivity (Wildman–Crippen MR) is 127 cm³/mol. The summed E-state index contributed by atoms with van der Waals surface area (Å²) in [5, 5.41) is 0. The van der Waals surface area contributed by atoms with E-state index in [0.717, 1.165) is 5.56 Å². The van der Waals surface area contributed by atoms with Gasteiger partial charge in [-0.1, -0.05) is 50.1 Å². The monoisotopic (exact) mass is 466 g/mol. The number of halogens is 1. The van der Waals surface area contributed by atoms with Crippen LogP contribution in [0.2, 0.25) is 0 Å². The Balaban J connectivity index is 2.21. The Labute approximate surface area is 198 Å². The molecule has 2 aromatic carbocycles. The molecule has 0 saturated carbocycles. The van der Waals surface area contributed by atoms with Crippen LogP contribution < -0.4 is 4.74 Å². The summed E-state index contributed by atoms with van der Waals surface area (Å²) >= 11 is 0. The van der Waals surface area contributed by atoms with Crippen molar-refractivity contribution in [2.45, 2.75) is 26.7 Å². The minimum absolute atomic E-state index is 0.0219. The van der Waals surface area contributed by atoms with Crippen molar-refractivity contribution in [3.8, 4) is 16.9 Å². The molecule has 0 saturated heterocycles. The van der Waals surface area contributed by atoms with Crippen molar-refractivity contribution in [2.75, 3.05) is 13.2 Å². The highest BCUT2D eigenvalue weighted by molar-refractivity contribution is 5.89. The average Bonchev–Trinajstić information content (AvgIpc) is 2.79. The van der Waals surface area contributed by atoms with Gasteiger partial charge in [-0.3, -0.25) is 0 Å². The summed E-state index contributed by atoms with van der Waals surface area (Å²) < 4.78 is 29.9. The summed E-state index contributed by atoms with van der Waals surface area (Å²) in [6.07, 6.45) is 0. The topological polar surface area (TPSA) is 78.9 Å². The molecule has 0 unspecified atom stereocenters. The maximum absolute atomic E-state index is 14.4. The number of benzene rings is 2. The van der Waals surface area contributed by atoms with Crippen LogP contribution >= 0.6 is 0 Å². The molecule has 0 radical (unpaired) electrons. The SMILES string of the molecule is C=C(C)C(=O)OCC(COC(=O)C(=C)C)c1ccc(-c2ccc(OC(=O)C(=C)C)c(F)c2)cc1. The maximum atomic E-state index is 14.4. The van der Waals surface area contributed by atoms with E-state index in [1.54, 1.807) is 30.3 Å². The number of hydrogen-bond acceptors (Lipinski definition) is 6. The lowest BCUT2D eigenvalue weighted by molar-refractivity contribution is -0.142. The van der Waals surface area contributed by atoms with Crippen LogP contribution in [0.3, 0.4) is 0 Å². The first-order valence-corrected chi connectivity index (χ1v) is 10.4. The van der Waals surface area contributed by atoms with Crippen molar-refractivity contribution < 1.29 is 33.0 Å². The lowest BCUT2D eigenvalue weighted by Crippen LogP contribution is -2.20. The minimum atomic E-state index is -0.707. The Bertz CT molecular complexity index is 1100. The van der Waals surface area contributed by atoms with Gasteiger partial charge >= 0.3 is 17.9 Å². The van der Waals surface area contributed by atoms with Crippen LogP contribution in [0.25, 0.3) is 11.1 Å². The van der Waals surface area contributed by atoms with Crippen LogP contribution in [0.4, 0.5) is 4.39 Å². The van der Waals surface area contributed by atoms with E-state index in [2.05, 4.69) is 19.7 Å². The third kappa shape index (κ3) is 7.27. The van der Waals surface area contributed by atoms with Gasteiger partial charge in [0, 0.05) is 16.7 Å². The van der Waals surface area contributed by atoms with E-state index in [0.29, 0.717) is 11.1 Å². The van der Waals surface area contributed by atoms with Crippen LogP contribution in [-0.4, -0.2) is 31.1 Å². The third-order valence-corrected chi connectivity index (χ3v) is 4.73. The fraction of sp³-hybridized carbons (Fsp3) is 0.222. The molecule has 178 valence electrons. The standard InChI is InChI=1S/C27H27FO6/c1-16(2)25(29)32-14-22(15-33-26(30)17(3)4)20-9-7-19(8-10-20)21-11-12-24(23(28)13-21)34-27(31)18(5)6/h7-13,22H,1,3,5,14-15H2,2,4,6H3. The van der Waals surface area contributed by atoms with E-state index in [1.807, 2.05) is 0 Å². The molecule has 2 rings (SSSR count). The maximum Gasteiger partial charge on any atom is 0.338 e. The molecule has 0 heterocycles. The van der Waals surface area contributed by atoms with Gasteiger partial charge in [0.1, 0.15) is 13.2 Å². The highest BCUT2D eigenvalue weighted by Crippen LogP contribution is 2.28. The van der Waals surface area contributed by atoms with Crippen LogP contribution in [0.5, 0.6) is 5.75 Å². The first-order valence-electron chi connectivity index (χ1n) is 10.4. The Morgan fingerprint density at radius 2 is 1.24 bits per heavy atom. The summed E-state index contributed by atoms with van der Waals surface area (Å²) in [5.74, 6) is -3.10. The molecule has 2 aromatic rings. The summed E-state index contributed by atoms with van der Waals surface area (Å²) in [4.78, 5) is 35.2. The van der Waals surface area contributed by atoms with Crippen LogP contribution in [0.1, 0.15) is 32.3 Å². The predicted octanol–water partition coefficient (Wildman–Crippen LogP) is 5.30. The van der Waals surface area contributed by atoms with E-state index in [9.17, 15) is 18.8 Å². The number of esters is 3. The number of ether oxygens (including phenoxy) is 3. The molecular weight excluding hydrogens is 439 g/mol. The van der Waals surface area contributed by atoms with Crippen molar-refractivity contribution in [2.24, 2.45) is 0 Å². The first-order chi connectivity index (χ1) is 16.0. The van der Waals surface area contributed by atoms with E-state index < -0.39 is 29.6 Å². The number of rotatable bonds is 10. The van der Waals surface area contributed by atoms with Gasteiger partial charge in [0.25, 0.3) is 0 Å². The quantitative estimate of drug-likeness (QED) is 0.269. The van der Waals surface area contributed by atoms with Crippen molar-refractivity contribution in [1.82, 2.24) is 0 Å². The van der Waals surface area contributed by atoms with Crippen LogP contribution in [-0.2, 0) is 23.9 Å². The highest BCUT2D eigenvalue weighted by Gasteiger charge is 2.18. The Morgan fingerprint density at radius 3 is 1.68 bits per heavy atom. The molecule has 34 heavy (non-hydrogen) atoms. The highest BCUT2D eigenvalue weighted by atomic mass is 19.1. The zero-order valence-electron chi connectivity index (χ0n) is 19.5. The molecular formula is C27H27FO6. The molecule has 0 aromatic heterocycles. The fourth-order valence-electron chi connectivity index (χ4n) is 2.74. The molecule has 0 fully saturated rings. The lowest BCUT2D eigenvalue weighted by atomic mass is 9.97. The van der Waals surface area contributed by atoms with Gasteiger partial charge in [-0.05, 0) is 49.6 Å².